The molecule has 1 fully saturated rings. The molecule has 1 atom stereocenters. The molecular weight excluding hydrogens is 288 g/mol. The molecule has 1 aromatic carbocycles. The van der Waals surface area contributed by atoms with Crippen molar-refractivity contribution in [3.05, 3.63) is 28.8 Å². The average Bonchev–Trinajstić information content (AvgIpc) is 3.28. The summed E-state index contributed by atoms with van der Waals surface area (Å²) in [5.74, 6) is 0.570. The van der Waals surface area contributed by atoms with E-state index in [9.17, 15) is 4.79 Å². The molecule has 0 bridgehead atoms. The molecule has 116 valence electrons. The first kappa shape index (κ1) is 16.1. The van der Waals surface area contributed by atoms with Gasteiger partial charge in [0, 0.05) is 29.2 Å². The Morgan fingerprint density at radius 2 is 2.24 bits per heavy atom. The summed E-state index contributed by atoms with van der Waals surface area (Å²) in [4.78, 5) is 11.8. The van der Waals surface area contributed by atoms with E-state index in [0.717, 1.165) is 12.0 Å². The van der Waals surface area contributed by atoms with Crippen molar-refractivity contribution in [2.24, 2.45) is 0 Å². The molecule has 1 saturated carbocycles. The first-order valence-corrected chi connectivity index (χ1v) is 7.91. The van der Waals surface area contributed by atoms with Crippen LogP contribution in [0.5, 0.6) is 5.75 Å². The maximum absolute atomic E-state index is 11.8. The van der Waals surface area contributed by atoms with Crippen molar-refractivity contribution in [1.82, 2.24) is 10.6 Å². The molecule has 2 N–H and O–H groups in total. The summed E-state index contributed by atoms with van der Waals surface area (Å²) in [5.41, 5.74) is 0.919. The summed E-state index contributed by atoms with van der Waals surface area (Å²) in [6, 6.07) is 6.30. The number of hydrogen-bond acceptors (Lipinski definition) is 3. The highest BCUT2D eigenvalue weighted by atomic mass is 35.5. The van der Waals surface area contributed by atoms with E-state index < -0.39 is 0 Å². The van der Waals surface area contributed by atoms with Gasteiger partial charge < -0.3 is 15.4 Å². The number of hydrogen-bond donors (Lipinski definition) is 2. The van der Waals surface area contributed by atoms with Crippen LogP contribution in [0.2, 0.25) is 5.02 Å². The molecule has 5 heteroatoms. The standard InChI is InChI=1S/C16H23ClN2O2/c1-3-11(2)19-16(20)10-21-15-6-4-5-14(17)13(15)9-18-12-7-8-12/h4-6,11-12,18H,3,7-10H2,1-2H3,(H,19,20). The predicted octanol–water partition coefficient (Wildman–Crippen LogP) is 2.89. The van der Waals surface area contributed by atoms with Crippen LogP contribution < -0.4 is 15.4 Å². The maximum atomic E-state index is 11.8. The third kappa shape index (κ3) is 5.21. The number of rotatable bonds is 8. The van der Waals surface area contributed by atoms with E-state index in [2.05, 4.69) is 10.6 Å². The highest BCUT2D eigenvalue weighted by molar-refractivity contribution is 6.31. The Morgan fingerprint density at radius 1 is 1.48 bits per heavy atom. The lowest BCUT2D eigenvalue weighted by Crippen LogP contribution is -2.35. The predicted molar refractivity (Wildman–Crippen MR) is 84.7 cm³/mol. The van der Waals surface area contributed by atoms with Crippen molar-refractivity contribution in [3.63, 3.8) is 0 Å². The van der Waals surface area contributed by atoms with E-state index in [4.69, 9.17) is 16.3 Å². The van der Waals surface area contributed by atoms with Gasteiger partial charge >= 0.3 is 0 Å². The molecule has 1 unspecified atom stereocenters. The van der Waals surface area contributed by atoms with Gasteiger partial charge in [0.05, 0.1) is 0 Å². The molecular formula is C16H23ClN2O2. The number of carbonyl (C=O) groups excluding carboxylic acids is 1. The van der Waals surface area contributed by atoms with Crippen LogP contribution >= 0.6 is 11.6 Å². The summed E-state index contributed by atoms with van der Waals surface area (Å²) in [6.07, 6.45) is 3.34. The molecule has 0 spiro atoms. The monoisotopic (exact) mass is 310 g/mol. The van der Waals surface area contributed by atoms with Gasteiger partial charge in [-0.05, 0) is 38.3 Å². The number of carbonyl (C=O) groups is 1. The van der Waals surface area contributed by atoms with Gasteiger partial charge in [-0.3, -0.25) is 4.79 Å². The minimum atomic E-state index is -0.106. The third-order valence-corrected chi connectivity index (χ3v) is 3.95. The Labute approximate surface area is 131 Å². The minimum Gasteiger partial charge on any atom is -0.483 e. The lowest BCUT2D eigenvalue weighted by atomic mass is 10.2. The molecule has 2 rings (SSSR count). The summed E-state index contributed by atoms with van der Waals surface area (Å²) < 4.78 is 5.64. The Morgan fingerprint density at radius 3 is 2.90 bits per heavy atom. The largest absolute Gasteiger partial charge is 0.483 e. The van der Waals surface area contributed by atoms with Crippen LogP contribution in [0.1, 0.15) is 38.7 Å². The normalized spacial score (nSPS) is 15.6. The average molecular weight is 311 g/mol. The Bertz CT molecular complexity index is 489. The fourth-order valence-corrected chi connectivity index (χ4v) is 2.17. The topological polar surface area (TPSA) is 50.4 Å². The van der Waals surface area contributed by atoms with Crippen LogP contribution in [0.25, 0.3) is 0 Å². The molecule has 1 aliphatic carbocycles. The minimum absolute atomic E-state index is 0.0150. The van der Waals surface area contributed by atoms with E-state index in [-0.39, 0.29) is 18.6 Å². The number of benzene rings is 1. The summed E-state index contributed by atoms with van der Waals surface area (Å²) >= 11 is 6.23. The lowest BCUT2D eigenvalue weighted by Gasteiger charge is -2.15. The number of amides is 1. The quantitative estimate of drug-likeness (QED) is 0.776. The number of ether oxygens (including phenoxy) is 1. The Balaban J connectivity index is 1.91. The Hall–Kier alpha value is -1.26. The summed E-state index contributed by atoms with van der Waals surface area (Å²) in [6.45, 7) is 4.69. The number of nitrogens with one attached hydrogen (secondary N) is 2. The highest BCUT2D eigenvalue weighted by Gasteiger charge is 2.21. The van der Waals surface area contributed by atoms with Crippen molar-refractivity contribution < 1.29 is 9.53 Å². The first-order valence-electron chi connectivity index (χ1n) is 7.53. The molecule has 21 heavy (non-hydrogen) atoms. The van der Waals surface area contributed by atoms with Crippen LogP contribution in [-0.2, 0) is 11.3 Å². The van der Waals surface area contributed by atoms with E-state index >= 15 is 0 Å². The van der Waals surface area contributed by atoms with E-state index in [1.54, 1.807) is 0 Å². The molecule has 0 aliphatic heterocycles. The van der Waals surface area contributed by atoms with Crippen molar-refractivity contribution in [3.8, 4) is 5.75 Å². The van der Waals surface area contributed by atoms with Gasteiger partial charge in [-0.15, -0.1) is 0 Å². The van der Waals surface area contributed by atoms with Crippen LogP contribution in [0, 0.1) is 0 Å². The Kier molecular flexibility index (Phi) is 5.88. The fraction of sp³-hybridized carbons (Fsp3) is 0.562. The smallest absolute Gasteiger partial charge is 0.258 e. The molecule has 4 nitrogen and oxygen atoms in total. The highest BCUT2D eigenvalue weighted by Crippen LogP contribution is 2.28. The van der Waals surface area contributed by atoms with Crippen LogP contribution in [-0.4, -0.2) is 24.6 Å². The van der Waals surface area contributed by atoms with Crippen LogP contribution in [0.3, 0.4) is 0 Å². The second-order valence-corrected chi connectivity index (χ2v) is 5.94. The molecule has 0 radical (unpaired) electrons. The first-order chi connectivity index (χ1) is 10.1. The lowest BCUT2D eigenvalue weighted by molar-refractivity contribution is -0.123. The SMILES string of the molecule is CCC(C)NC(=O)COc1cccc(Cl)c1CNC1CC1. The van der Waals surface area contributed by atoms with Gasteiger partial charge in [-0.25, -0.2) is 0 Å². The summed E-state index contributed by atoms with van der Waals surface area (Å²) in [5, 5.41) is 6.97. The van der Waals surface area contributed by atoms with E-state index in [0.29, 0.717) is 23.4 Å². The van der Waals surface area contributed by atoms with Crippen LogP contribution in [0.15, 0.2) is 18.2 Å². The fourth-order valence-electron chi connectivity index (χ4n) is 1.94. The van der Waals surface area contributed by atoms with Crippen LogP contribution in [0.4, 0.5) is 0 Å². The molecule has 0 saturated heterocycles. The second-order valence-electron chi connectivity index (χ2n) is 5.54. The van der Waals surface area contributed by atoms with Crippen molar-refractivity contribution in [1.29, 1.82) is 0 Å². The molecule has 1 amide bonds. The summed E-state index contributed by atoms with van der Waals surface area (Å²) in [7, 11) is 0. The van der Waals surface area contributed by atoms with Crippen molar-refractivity contribution in [2.75, 3.05) is 6.61 Å². The zero-order chi connectivity index (χ0) is 15.2. The van der Waals surface area contributed by atoms with Gasteiger partial charge in [-0.2, -0.15) is 0 Å². The third-order valence-electron chi connectivity index (χ3n) is 3.60. The van der Waals surface area contributed by atoms with Crippen molar-refractivity contribution >= 4 is 17.5 Å². The number of halogens is 1. The zero-order valence-corrected chi connectivity index (χ0v) is 13.4. The molecule has 1 aromatic rings. The second kappa shape index (κ2) is 7.66. The molecule has 0 heterocycles. The van der Waals surface area contributed by atoms with Gasteiger partial charge in [0.1, 0.15) is 5.75 Å². The van der Waals surface area contributed by atoms with E-state index in [1.807, 2.05) is 32.0 Å². The maximum Gasteiger partial charge on any atom is 0.258 e. The molecule has 0 aromatic heterocycles. The van der Waals surface area contributed by atoms with Gasteiger partial charge in [-0.1, -0.05) is 24.6 Å². The van der Waals surface area contributed by atoms with E-state index in [1.165, 1.54) is 12.8 Å². The van der Waals surface area contributed by atoms with Crippen molar-refractivity contribution in [2.45, 2.75) is 51.7 Å². The zero-order valence-electron chi connectivity index (χ0n) is 12.6. The van der Waals surface area contributed by atoms with Gasteiger partial charge in [0.15, 0.2) is 6.61 Å². The van der Waals surface area contributed by atoms with Gasteiger partial charge in [0.2, 0.25) is 0 Å². The molecule has 1 aliphatic rings. The van der Waals surface area contributed by atoms with Gasteiger partial charge in [0.25, 0.3) is 5.91 Å².